The molecule has 0 bridgehead atoms. The van der Waals surface area contributed by atoms with E-state index in [4.69, 9.17) is 16.3 Å². The molecule has 0 saturated carbocycles. The van der Waals surface area contributed by atoms with Crippen LogP contribution in [-0.2, 0) is 21.5 Å². The summed E-state index contributed by atoms with van der Waals surface area (Å²) in [5, 5.41) is 0.586. The summed E-state index contributed by atoms with van der Waals surface area (Å²) in [4.78, 5) is 24.5. The van der Waals surface area contributed by atoms with Crippen LogP contribution in [0.25, 0.3) is 0 Å². The maximum absolute atomic E-state index is 12.1. The van der Waals surface area contributed by atoms with Crippen molar-refractivity contribution in [3.05, 3.63) is 68.0 Å². The molecule has 0 aliphatic carbocycles. The maximum Gasteiger partial charge on any atom is 0.330 e. The Morgan fingerprint density at radius 2 is 1.92 bits per heavy atom. The Morgan fingerprint density at radius 3 is 2.58 bits per heavy atom. The molecule has 8 nitrogen and oxygen atoms in total. The summed E-state index contributed by atoms with van der Waals surface area (Å²) in [6, 6.07) is 7.76. The first-order valence-corrected chi connectivity index (χ1v) is 9.93. The van der Waals surface area contributed by atoms with Gasteiger partial charge in [-0.2, -0.15) is 0 Å². The molecular formula is C16H20ClN3O5S. The summed E-state index contributed by atoms with van der Waals surface area (Å²) in [5.74, 6) is -0.106. The van der Waals surface area contributed by atoms with Gasteiger partial charge in [0.05, 0.1) is 5.75 Å². The Bertz CT molecular complexity index is 937. The second kappa shape index (κ2) is 9.13. The van der Waals surface area contributed by atoms with Crippen LogP contribution in [0, 0.1) is 0 Å². The number of aromatic nitrogens is 2. The topological polar surface area (TPSA) is 110 Å². The van der Waals surface area contributed by atoms with E-state index in [1.54, 1.807) is 31.2 Å². The number of hydrogen-bond donors (Lipinski definition) is 2. The van der Waals surface area contributed by atoms with Crippen molar-refractivity contribution in [2.75, 3.05) is 12.4 Å². The summed E-state index contributed by atoms with van der Waals surface area (Å²) in [6.45, 7) is 1.84. The van der Waals surface area contributed by atoms with Gasteiger partial charge >= 0.3 is 5.69 Å². The molecular weight excluding hydrogens is 382 g/mol. The van der Waals surface area contributed by atoms with Crippen LogP contribution in [0.15, 0.2) is 46.1 Å². The molecule has 0 amide bonds. The molecule has 1 unspecified atom stereocenters. The predicted molar refractivity (Wildman–Crippen MR) is 98.7 cm³/mol. The van der Waals surface area contributed by atoms with Gasteiger partial charge in [-0.1, -0.05) is 23.7 Å². The van der Waals surface area contributed by atoms with Crippen molar-refractivity contribution in [3.63, 3.8) is 0 Å². The zero-order chi connectivity index (χ0) is 19.2. The van der Waals surface area contributed by atoms with Crippen LogP contribution >= 0.6 is 11.6 Å². The Morgan fingerprint density at radius 1 is 1.23 bits per heavy atom. The normalized spacial score (nSPS) is 12.8. The van der Waals surface area contributed by atoms with Crippen LogP contribution in [-0.4, -0.2) is 30.3 Å². The lowest BCUT2D eigenvalue weighted by molar-refractivity contribution is 0.0744. The van der Waals surface area contributed by atoms with Crippen LogP contribution in [0.1, 0.15) is 24.9 Å². The molecule has 2 N–H and O–H groups in total. The van der Waals surface area contributed by atoms with Gasteiger partial charge in [0.1, 0.15) is 6.73 Å². The number of ether oxygens (including phenoxy) is 1. The number of hydrogen-bond acceptors (Lipinski definition) is 5. The average Bonchev–Trinajstić information content (AvgIpc) is 2.56. The van der Waals surface area contributed by atoms with E-state index in [1.165, 1.54) is 16.8 Å². The molecule has 0 radical (unpaired) electrons. The highest BCUT2D eigenvalue weighted by Crippen LogP contribution is 2.16. The highest BCUT2D eigenvalue weighted by molar-refractivity contribution is 7.89. The molecule has 1 atom stereocenters. The van der Waals surface area contributed by atoms with Gasteiger partial charge in [0.2, 0.25) is 10.0 Å². The van der Waals surface area contributed by atoms with Gasteiger partial charge in [0.15, 0.2) is 0 Å². The largest absolute Gasteiger partial charge is 0.361 e. The van der Waals surface area contributed by atoms with E-state index < -0.39 is 21.3 Å². The molecule has 0 aliphatic heterocycles. The van der Waals surface area contributed by atoms with Crippen molar-refractivity contribution in [2.24, 2.45) is 0 Å². The van der Waals surface area contributed by atoms with Crippen molar-refractivity contribution >= 4 is 21.6 Å². The van der Waals surface area contributed by atoms with E-state index in [2.05, 4.69) is 9.71 Å². The van der Waals surface area contributed by atoms with Crippen molar-refractivity contribution in [1.29, 1.82) is 0 Å². The van der Waals surface area contributed by atoms with Gasteiger partial charge in [0, 0.05) is 29.9 Å². The zero-order valence-electron chi connectivity index (χ0n) is 14.1. The number of rotatable bonds is 9. The smallest absolute Gasteiger partial charge is 0.330 e. The standard InChI is InChI=1S/C16H20ClN3O5S/c1-12(13-3-5-14(17)6-4-13)19-26(23,24)10-2-9-25-11-20-8-7-15(21)18-16(20)22/h3-8,12,19H,2,9-11H2,1H3,(H,18,21,22). The number of halogens is 1. The fraction of sp³-hybridized carbons (Fsp3) is 0.375. The molecule has 26 heavy (non-hydrogen) atoms. The molecule has 1 aromatic carbocycles. The zero-order valence-corrected chi connectivity index (χ0v) is 15.7. The molecule has 1 aromatic heterocycles. The van der Waals surface area contributed by atoms with Crippen molar-refractivity contribution in [1.82, 2.24) is 14.3 Å². The number of nitrogens with one attached hydrogen (secondary N) is 2. The third-order valence-electron chi connectivity index (χ3n) is 3.56. The third kappa shape index (κ3) is 6.41. The van der Waals surface area contributed by atoms with Gasteiger partial charge in [0.25, 0.3) is 5.56 Å². The minimum absolute atomic E-state index is 0.0652. The van der Waals surface area contributed by atoms with Crippen LogP contribution in [0.3, 0.4) is 0 Å². The van der Waals surface area contributed by atoms with Crippen LogP contribution in [0.4, 0.5) is 0 Å². The van der Waals surface area contributed by atoms with Gasteiger partial charge < -0.3 is 4.74 Å². The number of H-pyrrole nitrogens is 1. The highest BCUT2D eigenvalue weighted by Gasteiger charge is 2.15. The first-order valence-electron chi connectivity index (χ1n) is 7.90. The van der Waals surface area contributed by atoms with Gasteiger partial charge in [-0.15, -0.1) is 0 Å². The second-order valence-electron chi connectivity index (χ2n) is 5.68. The highest BCUT2D eigenvalue weighted by atomic mass is 35.5. The number of aromatic amines is 1. The van der Waals surface area contributed by atoms with Gasteiger partial charge in [-0.05, 0) is 31.0 Å². The molecule has 0 aliphatic rings. The van der Waals surface area contributed by atoms with E-state index in [9.17, 15) is 18.0 Å². The van der Waals surface area contributed by atoms with E-state index >= 15 is 0 Å². The Hall–Kier alpha value is -1.94. The van der Waals surface area contributed by atoms with E-state index in [0.717, 1.165) is 5.56 Å². The quantitative estimate of drug-likeness (QED) is 0.614. The van der Waals surface area contributed by atoms with E-state index in [1.807, 2.05) is 0 Å². The lowest BCUT2D eigenvalue weighted by Gasteiger charge is -2.15. The van der Waals surface area contributed by atoms with E-state index in [-0.39, 0.29) is 31.6 Å². The molecule has 10 heteroatoms. The summed E-state index contributed by atoms with van der Waals surface area (Å²) in [7, 11) is -3.48. The summed E-state index contributed by atoms with van der Waals surface area (Å²) in [5.41, 5.74) is -0.256. The first-order chi connectivity index (χ1) is 12.3. The molecule has 2 aromatic rings. The van der Waals surface area contributed by atoms with E-state index in [0.29, 0.717) is 5.02 Å². The van der Waals surface area contributed by atoms with Crippen molar-refractivity contribution < 1.29 is 13.2 Å². The summed E-state index contributed by atoms with van der Waals surface area (Å²) in [6.07, 6.45) is 1.58. The Labute approximate surface area is 155 Å². The third-order valence-corrected chi connectivity index (χ3v) is 5.35. The van der Waals surface area contributed by atoms with Crippen molar-refractivity contribution in [3.8, 4) is 0 Å². The van der Waals surface area contributed by atoms with Gasteiger partial charge in [-0.3, -0.25) is 14.3 Å². The Balaban J connectivity index is 1.76. The summed E-state index contributed by atoms with van der Waals surface area (Å²) >= 11 is 5.82. The van der Waals surface area contributed by atoms with Crippen LogP contribution in [0.5, 0.6) is 0 Å². The average molecular weight is 402 g/mol. The number of benzene rings is 1. The minimum Gasteiger partial charge on any atom is -0.361 e. The maximum atomic E-state index is 12.1. The first kappa shape index (κ1) is 20.4. The summed E-state index contributed by atoms with van der Waals surface area (Å²) < 4.78 is 33.3. The lowest BCUT2D eigenvalue weighted by atomic mass is 10.1. The SMILES string of the molecule is CC(NS(=O)(=O)CCCOCn1ccc(=O)[nH]c1=O)c1ccc(Cl)cc1. The monoisotopic (exact) mass is 401 g/mol. The molecule has 0 saturated heterocycles. The predicted octanol–water partition coefficient (Wildman–Crippen LogP) is 1.23. The lowest BCUT2D eigenvalue weighted by Crippen LogP contribution is -2.30. The molecule has 0 fully saturated rings. The molecule has 1 heterocycles. The fourth-order valence-corrected chi connectivity index (χ4v) is 3.62. The van der Waals surface area contributed by atoms with Crippen LogP contribution in [0.2, 0.25) is 5.02 Å². The number of nitrogens with zero attached hydrogens (tertiary/aromatic N) is 1. The van der Waals surface area contributed by atoms with Crippen LogP contribution < -0.4 is 16.0 Å². The van der Waals surface area contributed by atoms with Crippen molar-refractivity contribution in [2.45, 2.75) is 26.1 Å². The number of sulfonamides is 1. The second-order valence-corrected chi connectivity index (χ2v) is 7.99. The van der Waals surface area contributed by atoms with Gasteiger partial charge in [-0.25, -0.2) is 17.9 Å². The molecule has 142 valence electrons. The molecule has 2 rings (SSSR count). The fourth-order valence-electron chi connectivity index (χ4n) is 2.21. The molecule has 0 spiro atoms. The Kier molecular flexibility index (Phi) is 7.15. The minimum atomic E-state index is -3.48.